The molecule has 0 radical (unpaired) electrons. The van der Waals surface area contributed by atoms with E-state index in [-0.39, 0.29) is 34.4 Å². The Bertz CT molecular complexity index is 3340. The van der Waals surface area contributed by atoms with Crippen molar-refractivity contribution in [2.45, 2.75) is 92.0 Å². The van der Waals surface area contributed by atoms with Crippen molar-refractivity contribution < 1.29 is 24.2 Å². The number of Topliss-reactive ketones (excluding diaryl/α,β-unsaturated/α-hetero) is 1. The van der Waals surface area contributed by atoms with Crippen LogP contribution in [0.2, 0.25) is 0 Å². The summed E-state index contributed by atoms with van der Waals surface area (Å²) in [6.07, 6.45) is 6.89. The number of carbonyl (C=O) groups excluding carboxylic acids is 1. The lowest BCUT2D eigenvalue weighted by Crippen LogP contribution is -2.36. The van der Waals surface area contributed by atoms with Crippen molar-refractivity contribution in [2.75, 3.05) is 62.0 Å². The number of nitrogens with zero attached hydrogens (tertiary/aromatic N) is 7. The second-order valence-electron chi connectivity index (χ2n) is 20.0. The molecule has 15 heteroatoms. The van der Waals surface area contributed by atoms with E-state index in [1.54, 1.807) is 72.4 Å². The zero-order valence-corrected chi connectivity index (χ0v) is 46.7. The van der Waals surface area contributed by atoms with E-state index in [4.69, 9.17) is 15.2 Å². The number of rotatable bonds is 17. The van der Waals surface area contributed by atoms with Crippen molar-refractivity contribution in [3.8, 4) is 11.5 Å². The molecule has 404 valence electrons. The number of carboxylic acids is 1. The number of aromatic nitrogens is 4. The van der Waals surface area contributed by atoms with Crippen molar-refractivity contribution in [1.82, 2.24) is 33.8 Å². The summed E-state index contributed by atoms with van der Waals surface area (Å²) in [4.78, 5) is 65.2. The number of ether oxygens (including phenoxy) is 2. The van der Waals surface area contributed by atoms with E-state index in [0.29, 0.717) is 66.5 Å². The van der Waals surface area contributed by atoms with Crippen molar-refractivity contribution in [2.24, 2.45) is 5.73 Å². The SMILES string of the molecule is CCN(C(C)C)C(C)C.CN(C)CCn1c(=O)c2cnccc2c2ccc(C(=O)O)cc21.COc1cccc([C@@H](C)CC(=O)c2ccc3c4ccncc4c(=O)n(CCN(C)C)c3c2)c1.COc1cccc([C@@H](C)N)c1. The van der Waals surface area contributed by atoms with Gasteiger partial charge >= 0.3 is 5.97 Å². The first kappa shape index (κ1) is 59.6. The maximum Gasteiger partial charge on any atom is 0.335 e. The van der Waals surface area contributed by atoms with Crippen molar-refractivity contribution in [3.63, 3.8) is 0 Å². The molecule has 0 amide bonds. The summed E-state index contributed by atoms with van der Waals surface area (Å²) in [5.41, 5.74) is 9.81. The van der Waals surface area contributed by atoms with Gasteiger partial charge in [0.05, 0.1) is 41.6 Å². The van der Waals surface area contributed by atoms with Gasteiger partial charge in [-0.15, -0.1) is 0 Å². The molecule has 0 aliphatic rings. The van der Waals surface area contributed by atoms with Crippen LogP contribution in [-0.2, 0) is 13.1 Å². The van der Waals surface area contributed by atoms with Gasteiger partial charge in [0, 0.05) is 91.8 Å². The summed E-state index contributed by atoms with van der Waals surface area (Å²) >= 11 is 0. The molecule has 8 rings (SSSR count). The molecule has 0 saturated carbocycles. The number of carbonyl (C=O) groups is 2. The monoisotopic (exact) mass is 1030 g/mol. The molecule has 0 fully saturated rings. The number of ketones is 1. The number of carboxylic acid groups (broad SMARTS) is 1. The standard InChI is InChI=1S/C27H29N3O3.C17H17N3O3.C9H13NO.C8H19N/c1-18(19-6-5-7-21(15-19)33-4)14-26(31)20-8-9-23-22-10-11-28-17-24(22)27(32)30(25(23)16-20)13-12-29(2)3;1-19(2)7-8-20-15-9-11(17(22)23)3-4-13(15)12-5-6-18-10-14(12)16(20)21;1-7(10)8-4-3-5-9(6-8)11-2;1-6-9(7(2)3)8(4)5/h5-11,15-18H,12-14H2,1-4H3;3-6,9-10H,7-8H2,1-2H3,(H,22,23);3-7H,10H2,1-2H3;7-8H,6H2,1-5H3/t18-;;7-;/m0.1./s1. The zero-order valence-electron chi connectivity index (χ0n) is 46.7. The predicted molar refractivity (Wildman–Crippen MR) is 310 cm³/mol. The minimum absolute atomic E-state index is 0.0434. The predicted octanol–water partition coefficient (Wildman–Crippen LogP) is 10.1. The normalized spacial score (nSPS) is 12.1. The highest BCUT2D eigenvalue weighted by Gasteiger charge is 2.18. The summed E-state index contributed by atoms with van der Waals surface area (Å²) in [7, 11) is 11.1. The Hall–Kier alpha value is -7.30. The maximum absolute atomic E-state index is 13.3. The molecular formula is C61H78N8O7. The third-order valence-electron chi connectivity index (χ3n) is 13.3. The van der Waals surface area contributed by atoms with Crippen LogP contribution in [0.4, 0.5) is 0 Å². The van der Waals surface area contributed by atoms with E-state index in [0.717, 1.165) is 56.2 Å². The van der Waals surface area contributed by atoms with Gasteiger partial charge in [-0.25, -0.2) is 4.79 Å². The first-order valence-corrected chi connectivity index (χ1v) is 25.9. The Balaban J connectivity index is 0.000000213. The highest BCUT2D eigenvalue weighted by molar-refractivity contribution is 6.09. The molecule has 3 N–H and O–H groups in total. The Morgan fingerprint density at radius 1 is 0.605 bits per heavy atom. The summed E-state index contributed by atoms with van der Waals surface area (Å²) < 4.78 is 13.8. The number of fused-ring (bicyclic) bond motifs is 6. The summed E-state index contributed by atoms with van der Waals surface area (Å²) in [5, 5.41) is 13.8. The number of hydrogen-bond acceptors (Lipinski definition) is 12. The molecule has 0 spiro atoms. The second-order valence-corrected chi connectivity index (χ2v) is 20.0. The molecule has 15 nitrogen and oxygen atoms in total. The van der Waals surface area contributed by atoms with Crippen LogP contribution in [-0.4, -0.2) is 125 Å². The lowest BCUT2D eigenvalue weighted by atomic mass is 9.92. The molecule has 0 aliphatic carbocycles. The van der Waals surface area contributed by atoms with E-state index in [2.05, 4.69) is 49.5 Å². The van der Waals surface area contributed by atoms with Gasteiger partial charge in [-0.05, 0) is 152 Å². The van der Waals surface area contributed by atoms with Crippen molar-refractivity contribution in [3.05, 3.63) is 165 Å². The van der Waals surface area contributed by atoms with Crippen LogP contribution in [0, 0.1) is 0 Å². The van der Waals surface area contributed by atoms with E-state index in [1.165, 1.54) is 0 Å². The average molecular weight is 1040 g/mol. The van der Waals surface area contributed by atoms with E-state index in [9.17, 15) is 24.3 Å². The third-order valence-corrected chi connectivity index (χ3v) is 13.3. The number of benzene rings is 4. The van der Waals surface area contributed by atoms with Crippen LogP contribution in [0.25, 0.3) is 43.4 Å². The molecular weight excluding hydrogens is 957 g/mol. The molecule has 2 atom stereocenters. The molecule has 8 aromatic rings. The van der Waals surface area contributed by atoms with Gasteiger partial charge in [-0.3, -0.25) is 29.3 Å². The Kier molecular flexibility index (Phi) is 22.0. The van der Waals surface area contributed by atoms with Gasteiger partial charge in [0.1, 0.15) is 11.5 Å². The largest absolute Gasteiger partial charge is 0.497 e. The number of methoxy groups -OCH3 is 2. The van der Waals surface area contributed by atoms with Gasteiger partial charge in [-0.1, -0.05) is 56.3 Å². The van der Waals surface area contributed by atoms with Crippen LogP contribution in [0.5, 0.6) is 11.5 Å². The van der Waals surface area contributed by atoms with E-state index >= 15 is 0 Å². The van der Waals surface area contributed by atoms with Crippen LogP contribution in [0.1, 0.15) is 98.7 Å². The number of pyridine rings is 4. The number of hydrogen-bond donors (Lipinski definition) is 2. The highest BCUT2D eigenvalue weighted by Crippen LogP contribution is 2.28. The fourth-order valence-electron chi connectivity index (χ4n) is 9.14. The smallest absolute Gasteiger partial charge is 0.335 e. The van der Waals surface area contributed by atoms with Crippen molar-refractivity contribution in [1.29, 1.82) is 0 Å². The van der Waals surface area contributed by atoms with Gasteiger partial charge in [0.25, 0.3) is 11.1 Å². The molecule has 0 bridgehead atoms. The molecule has 4 heterocycles. The summed E-state index contributed by atoms with van der Waals surface area (Å²) in [5.74, 6) is 0.729. The van der Waals surface area contributed by atoms with E-state index < -0.39 is 5.97 Å². The molecule has 0 saturated heterocycles. The topological polar surface area (TPSA) is 178 Å². The van der Waals surface area contributed by atoms with Crippen LogP contribution < -0.4 is 26.3 Å². The average Bonchev–Trinajstić information content (AvgIpc) is 3.43. The Labute approximate surface area is 447 Å². The van der Waals surface area contributed by atoms with Gasteiger partial charge < -0.3 is 39.2 Å². The van der Waals surface area contributed by atoms with Crippen LogP contribution in [0.15, 0.2) is 131 Å². The summed E-state index contributed by atoms with van der Waals surface area (Å²) in [6, 6.07) is 31.3. The first-order chi connectivity index (χ1) is 36.2. The molecule has 4 aromatic heterocycles. The van der Waals surface area contributed by atoms with Crippen molar-refractivity contribution >= 4 is 55.1 Å². The third kappa shape index (κ3) is 15.4. The number of likely N-dealkylation sites (N-methyl/N-ethyl adjacent to an activating group) is 2. The Morgan fingerprint density at radius 2 is 1.05 bits per heavy atom. The zero-order chi connectivity index (χ0) is 55.8. The second kappa shape index (κ2) is 28.0. The Morgan fingerprint density at radius 3 is 1.46 bits per heavy atom. The van der Waals surface area contributed by atoms with Gasteiger partial charge in [-0.2, -0.15) is 0 Å². The number of aromatic carboxylic acids is 1. The first-order valence-electron chi connectivity index (χ1n) is 25.9. The van der Waals surface area contributed by atoms with Crippen LogP contribution in [0.3, 0.4) is 0 Å². The highest BCUT2D eigenvalue weighted by atomic mass is 16.5. The van der Waals surface area contributed by atoms with Gasteiger partial charge in [0.2, 0.25) is 0 Å². The molecule has 76 heavy (non-hydrogen) atoms. The lowest BCUT2D eigenvalue weighted by Gasteiger charge is -2.28. The minimum Gasteiger partial charge on any atom is -0.497 e. The minimum atomic E-state index is -1.01. The number of nitrogens with two attached hydrogens (primary N) is 1. The maximum atomic E-state index is 13.3. The molecule has 4 aromatic carbocycles. The van der Waals surface area contributed by atoms with Crippen LogP contribution >= 0.6 is 0 Å². The van der Waals surface area contributed by atoms with E-state index in [1.807, 2.05) is 125 Å². The molecule has 0 unspecified atom stereocenters. The van der Waals surface area contributed by atoms with Gasteiger partial charge in [0.15, 0.2) is 5.78 Å². The summed E-state index contributed by atoms with van der Waals surface area (Å²) in [6.45, 7) is 18.7. The quantitative estimate of drug-likeness (QED) is 0.0651. The molecule has 0 aliphatic heterocycles. The fraction of sp³-hybridized carbons (Fsp3) is 0.377. The fourth-order valence-corrected chi connectivity index (χ4v) is 9.14. The lowest BCUT2D eigenvalue weighted by molar-refractivity contribution is 0.0696.